The fourth-order valence-electron chi connectivity index (χ4n) is 3.15. The highest BCUT2D eigenvalue weighted by molar-refractivity contribution is 5.74. The second-order valence-electron chi connectivity index (χ2n) is 6.53. The zero-order chi connectivity index (χ0) is 17.2. The molecule has 0 atom stereocenters. The molecule has 25 heavy (non-hydrogen) atoms. The van der Waals surface area contributed by atoms with E-state index in [1.54, 1.807) is 12.4 Å². The topological polar surface area (TPSA) is 86.7 Å². The number of hydrogen-bond acceptors (Lipinski definition) is 5. The van der Waals surface area contributed by atoms with Crippen LogP contribution in [0.15, 0.2) is 30.6 Å². The molecule has 0 bridgehead atoms. The van der Waals surface area contributed by atoms with Gasteiger partial charge in [0.25, 0.3) is 0 Å². The summed E-state index contributed by atoms with van der Waals surface area (Å²) in [5.41, 5.74) is 2.50. The molecule has 7 heteroatoms. The van der Waals surface area contributed by atoms with Crippen molar-refractivity contribution in [3.05, 3.63) is 47.9 Å². The number of nitrogens with zero attached hydrogens (tertiary/aromatic N) is 3. The van der Waals surface area contributed by atoms with Gasteiger partial charge in [-0.25, -0.2) is 19.3 Å². The normalized spacial score (nSPS) is 19.8. The van der Waals surface area contributed by atoms with E-state index in [2.05, 4.69) is 25.3 Å². The Kier molecular flexibility index (Phi) is 4.31. The first-order valence-corrected chi connectivity index (χ1v) is 8.55. The molecule has 0 unspecified atom stereocenters. The number of aliphatic hydroxyl groups is 1. The van der Waals surface area contributed by atoms with Gasteiger partial charge < -0.3 is 15.4 Å². The monoisotopic (exact) mass is 341 g/mol. The van der Waals surface area contributed by atoms with Crippen LogP contribution in [0.2, 0.25) is 0 Å². The van der Waals surface area contributed by atoms with Crippen LogP contribution in [-0.4, -0.2) is 37.7 Å². The number of aliphatic hydroxyl groups excluding tert-OH is 1. The van der Waals surface area contributed by atoms with Gasteiger partial charge in [0.2, 0.25) is 0 Å². The third kappa shape index (κ3) is 3.61. The SMILES string of the molecule is OC1CC(c2cc(NCCCc3nc4ccc(F)cc4[nH]3)ncn2)C1. The number of imidazole rings is 1. The first kappa shape index (κ1) is 16.0. The Bertz CT molecular complexity index is 875. The molecule has 4 rings (SSSR count). The Morgan fingerprint density at radius 2 is 2.12 bits per heavy atom. The molecular formula is C18H20FN5O. The van der Waals surface area contributed by atoms with Crippen LogP contribution in [0.5, 0.6) is 0 Å². The van der Waals surface area contributed by atoms with E-state index in [1.807, 2.05) is 6.07 Å². The fraction of sp³-hybridized carbons (Fsp3) is 0.389. The van der Waals surface area contributed by atoms with E-state index in [9.17, 15) is 9.50 Å². The van der Waals surface area contributed by atoms with Gasteiger partial charge in [0.05, 0.1) is 17.1 Å². The minimum atomic E-state index is -0.261. The predicted molar refractivity (Wildman–Crippen MR) is 92.9 cm³/mol. The number of halogens is 1. The van der Waals surface area contributed by atoms with Gasteiger partial charge in [-0.15, -0.1) is 0 Å². The van der Waals surface area contributed by atoms with Gasteiger partial charge in [-0.2, -0.15) is 0 Å². The molecule has 1 aromatic carbocycles. The van der Waals surface area contributed by atoms with Crippen molar-refractivity contribution in [1.29, 1.82) is 0 Å². The molecule has 0 aliphatic heterocycles. The standard InChI is InChI=1S/C18H20FN5O/c19-12-3-4-14-16(8-12)24-17(23-14)2-1-5-20-18-9-15(21-10-22-18)11-6-13(25)7-11/h3-4,8-11,13,25H,1-2,5-7H2,(H,23,24)(H,20,21,22). The minimum absolute atomic E-state index is 0.186. The number of nitrogens with one attached hydrogen (secondary N) is 2. The second-order valence-corrected chi connectivity index (χ2v) is 6.53. The molecule has 2 heterocycles. The number of aromatic amines is 1. The van der Waals surface area contributed by atoms with E-state index in [1.165, 1.54) is 12.1 Å². The molecule has 0 amide bonds. The lowest BCUT2D eigenvalue weighted by atomic mass is 9.80. The molecule has 3 N–H and O–H groups in total. The molecule has 1 aliphatic carbocycles. The van der Waals surface area contributed by atoms with Gasteiger partial charge in [0.1, 0.15) is 23.8 Å². The van der Waals surface area contributed by atoms with Crippen LogP contribution in [0, 0.1) is 5.82 Å². The lowest BCUT2D eigenvalue weighted by Gasteiger charge is -2.30. The number of aryl methyl sites for hydroxylation is 1. The van der Waals surface area contributed by atoms with E-state index >= 15 is 0 Å². The van der Waals surface area contributed by atoms with Gasteiger partial charge in [0, 0.05) is 30.6 Å². The molecule has 1 aliphatic rings. The highest BCUT2D eigenvalue weighted by Gasteiger charge is 2.29. The summed E-state index contributed by atoms with van der Waals surface area (Å²) in [4.78, 5) is 16.1. The highest BCUT2D eigenvalue weighted by Crippen LogP contribution is 2.35. The van der Waals surface area contributed by atoms with Crippen molar-refractivity contribution in [2.45, 2.75) is 37.7 Å². The number of benzene rings is 1. The number of H-pyrrole nitrogens is 1. The summed E-state index contributed by atoms with van der Waals surface area (Å²) in [5, 5.41) is 12.7. The first-order chi connectivity index (χ1) is 12.2. The Labute approximate surface area is 144 Å². The molecule has 1 fully saturated rings. The van der Waals surface area contributed by atoms with Crippen molar-refractivity contribution >= 4 is 16.9 Å². The molecule has 6 nitrogen and oxygen atoms in total. The van der Waals surface area contributed by atoms with Crippen molar-refractivity contribution in [3.8, 4) is 0 Å². The van der Waals surface area contributed by atoms with E-state index < -0.39 is 0 Å². The van der Waals surface area contributed by atoms with Crippen LogP contribution in [0.4, 0.5) is 10.2 Å². The molecule has 2 aromatic heterocycles. The zero-order valence-corrected chi connectivity index (χ0v) is 13.7. The Balaban J connectivity index is 1.29. The van der Waals surface area contributed by atoms with Crippen LogP contribution < -0.4 is 5.32 Å². The van der Waals surface area contributed by atoms with Gasteiger partial charge in [-0.1, -0.05) is 0 Å². The number of aromatic nitrogens is 4. The van der Waals surface area contributed by atoms with Crippen LogP contribution in [0.25, 0.3) is 11.0 Å². The Morgan fingerprint density at radius 1 is 1.24 bits per heavy atom. The average Bonchev–Trinajstić information content (AvgIpc) is 2.98. The number of rotatable bonds is 6. The Hall–Kier alpha value is -2.54. The average molecular weight is 341 g/mol. The zero-order valence-electron chi connectivity index (χ0n) is 13.7. The van der Waals surface area contributed by atoms with Gasteiger partial charge in [-0.3, -0.25) is 0 Å². The molecule has 0 spiro atoms. The van der Waals surface area contributed by atoms with Crippen molar-refractivity contribution in [2.24, 2.45) is 0 Å². The van der Waals surface area contributed by atoms with E-state index in [0.717, 1.165) is 60.6 Å². The van der Waals surface area contributed by atoms with Crippen LogP contribution in [0.1, 0.15) is 36.7 Å². The largest absolute Gasteiger partial charge is 0.393 e. The summed E-state index contributed by atoms with van der Waals surface area (Å²) in [6.07, 6.45) is 4.59. The quantitative estimate of drug-likeness (QED) is 0.600. The van der Waals surface area contributed by atoms with Gasteiger partial charge >= 0.3 is 0 Å². The molecule has 130 valence electrons. The van der Waals surface area contributed by atoms with E-state index in [0.29, 0.717) is 5.92 Å². The Morgan fingerprint density at radius 3 is 2.96 bits per heavy atom. The van der Waals surface area contributed by atoms with Crippen molar-refractivity contribution in [2.75, 3.05) is 11.9 Å². The van der Waals surface area contributed by atoms with E-state index in [-0.39, 0.29) is 11.9 Å². The highest BCUT2D eigenvalue weighted by atomic mass is 19.1. The molecule has 3 aromatic rings. The molecule has 1 saturated carbocycles. The van der Waals surface area contributed by atoms with Crippen LogP contribution in [0.3, 0.4) is 0 Å². The number of fused-ring (bicyclic) bond motifs is 1. The van der Waals surface area contributed by atoms with Gasteiger partial charge in [0.15, 0.2) is 0 Å². The summed E-state index contributed by atoms with van der Waals surface area (Å²) in [6, 6.07) is 6.52. The maximum Gasteiger partial charge on any atom is 0.129 e. The summed E-state index contributed by atoms with van der Waals surface area (Å²) >= 11 is 0. The number of anilines is 1. The third-order valence-electron chi connectivity index (χ3n) is 4.61. The molecule has 0 radical (unpaired) electrons. The molecule has 0 saturated heterocycles. The summed E-state index contributed by atoms with van der Waals surface area (Å²) < 4.78 is 13.2. The van der Waals surface area contributed by atoms with Gasteiger partial charge in [-0.05, 0) is 37.5 Å². The fourth-order valence-corrected chi connectivity index (χ4v) is 3.15. The minimum Gasteiger partial charge on any atom is -0.393 e. The van der Waals surface area contributed by atoms with Crippen LogP contribution in [-0.2, 0) is 6.42 Å². The summed E-state index contributed by atoms with van der Waals surface area (Å²) in [7, 11) is 0. The first-order valence-electron chi connectivity index (χ1n) is 8.55. The molecular weight excluding hydrogens is 321 g/mol. The predicted octanol–water partition coefficient (Wildman–Crippen LogP) is 2.78. The van der Waals surface area contributed by atoms with E-state index in [4.69, 9.17) is 0 Å². The van der Waals surface area contributed by atoms with Crippen molar-refractivity contribution in [3.63, 3.8) is 0 Å². The summed E-state index contributed by atoms with van der Waals surface area (Å²) in [5.74, 6) is 1.74. The van der Waals surface area contributed by atoms with Crippen molar-refractivity contribution < 1.29 is 9.50 Å². The number of hydrogen-bond donors (Lipinski definition) is 3. The van der Waals surface area contributed by atoms with Crippen molar-refractivity contribution in [1.82, 2.24) is 19.9 Å². The maximum absolute atomic E-state index is 13.2. The smallest absolute Gasteiger partial charge is 0.129 e. The maximum atomic E-state index is 13.2. The summed E-state index contributed by atoms with van der Waals surface area (Å²) in [6.45, 7) is 0.759. The lowest BCUT2D eigenvalue weighted by molar-refractivity contribution is 0.0732. The third-order valence-corrected chi connectivity index (χ3v) is 4.61. The second kappa shape index (κ2) is 6.76. The van der Waals surface area contributed by atoms with Crippen LogP contribution >= 0.6 is 0 Å². The lowest BCUT2D eigenvalue weighted by Crippen LogP contribution is -2.27.